The van der Waals surface area contributed by atoms with E-state index in [-0.39, 0.29) is 31.5 Å². The van der Waals surface area contributed by atoms with E-state index < -0.39 is 29.9 Å². The molecule has 2 amide bonds. The third kappa shape index (κ3) is 3.74. The van der Waals surface area contributed by atoms with Crippen molar-refractivity contribution < 1.29 is 28.7 Å². The second-order valence-corrected chi connectivity index (χ2v) is 9.51. The Hall–Kier alpha value is -3.39. The largest absolute Gasteiger partial charge is 0.447 e. The maximum Gasteiger partial charge on any atom is 0.434 e. The van der Waals surface area contributed by atoms with Crippen molar-refractivity contribution in [3.63, 3.8) is 0 Å². The average Bonchev–Trinajstić information content (AvgIpc) is 3.43. The van der Waals surface area contributed by atoms with E-state index in [9.17, 15) is 14.4 Å². The van der Waals surface area contributed by atoms with Crippen molar-refractivity contribution in [1.82, 2.24) is 9.96 Å². The van der Waals surface area contributed by atoms with Crippen molar-refractivity contribution in [3.8, 4) is 11.1 Å². The van der Waals surface area contributed by atoms with Gasteiger partial charge in [-0.15, -0.1) is 0 Å². The van der Waals surface area contributed by atoms with E-state index in [4.69, 9.17) is 14.3 Å². The number of hydrogen-bond donors (Lipinski definition) is 0. The summed E-state index contributed by atoms with van der Waals surface area (Å²) in [6, 6.07) is 14.6. The molecule has 2 aromatic rings. The van der Waals surface area contributed by atoms with Crippen LogP contribution in [0.4, 0.5) is 9.59 Å². The minimum Gasteiger partial charge on any atom is -0.447 e. The molecule has 1 aliphatic carbocycles. The molecule has 0 saturated carbocycles. The Morgan fingerprint density at radius 1 is 1.00 bits per heavy atom. The van der Waals surface area contributed by atoms with Crippen LogP contribution < -0.4 is 0 Å². The van der Waals surface area contributed by atoms with Gasteiger partial charge in [0.25, 0.3) is 0 Å². The first-order valence-corrected chi connectivity index (χ1v) is 11.0. The first-order chi connectivity index (χ1) is 15.7. The number of carbonyl (C=O) groups is 3. The van der Waals surface area contributed by atoms with Gasteiger partial charge in [0.05, 0.1) is 19.2 Å². The van der Waals surface area contributed by atoms with Gasteiger partial charge in [0, 0.05) is 5.92 Å². The van der Waals surface area contributed by atoms with Crippen LogP contribution in [0.2, 0.25) is 0 Å². The number of rotatable bonds is 2. The van der Waals surface area contributed by atoms with Crippen molar-refractivity contribution >= 4 is 18.0 Å². The molecule has 2 fully saturated rings. The Bertz CT molecular complexity index is 1080. The number of hydrogen-bond acceptors (Lipinski definition) is 6. The standard InChI is InChI=1S/C25H26N2O6/c1-25(2,3)33-23(29)26-12-21(28)22-20(26)14-32-27(22)24(30)31-13-19-17-10-6-4-8-15(17)16-9-5-7-11-18(16)19/h4-11,19-20,22H,12-14H2,1-3H3/t20-,22+/m1/s1. The first-order valence-electron chi connectivity index (χ1n) is 11.0. The highest BCUT2D eigenvalue weighted by molar-refractivity contribution is 5.95. The van der Waals surface area contributed by atoms with Gasteiger partial charge in [0.1, 0.15) is 18.2 Å². The van der Waals surface area contributed by atoms with Crippen LogP contribution in [-0.4, -0.2) is 65.4 Å². The fraction of sp³-hybridized carbons (Fsp3) is 0.400. The molecule has 8 heteroatoms. The SMILES string of the molecule is CC(C)(C)OC(=O)N1CC(=O)[C@@H]2[C@H]1CON2C(=O)OCC1c2ccccc2-c2ccccc21. The molecule has 2 heterocycles. The molecule has 2 atom stereocenters. The molecule has 0 N–H and O–H groups in total. The number of ketones is 1. The van der Waals surface area contributed by atoms with Crippen LogP contribution in [0.25, 0.3) is 11.1 Å². The molecule has 2 aromatic carbocycles. The lowest BCUT2D eigenvalue weighted by Crippen LogP contribution is -2.45. The number of amides is 2. The van der Waals surface area contributed by atoms with Crippen LogP contribution >= 0.6 is 0 Å². The Kier molecular flexibility index (Phi) is 5.12. The summed E-state index contributed by atoms with van der Waals surface area (Å²) >= 11 is 0. The van der Waals surface area contributed by atoms with E-state index in [1.165, 1.54) is 4.90 Å². The molecule has 2 saturated heterocycles. The van der Waals surface area contributed by atoms with E-state index in [1.54, 1.807) is 20.8 Å². The van der Waals surface area contributed by atoms with E-state index in [0.29, 0.717) is 0 Å². The van der Waals surface area contributed by atoms with E-state index in [1.807, 2.05) is 36.4 Å². The van der Waals surface area contributed by atoms with Gasteiger partial charge >= 0.3 is 12.2 Å². The number of fused-ring (bicyclic) bond motifs is 4. The Labute approximate surface area is 192 Å². The normalized spacial score (nSPS) is 21.6. The zero-order valence-corrected chi connectivity index (χ0v) is 18.8. The van der Waals surface area contributed by atoms with Crippen molar-refractivity contribution in [2.75, 3.05) is 19.8 Å². The minimum atomic E-state index is -0.895. The monoisotopic (exact) mass is 450 g/mol. The van der Waals surface area contributed by atoms with Crippen LogP contribution in [0.15, 0.2) is 48.5 Å². The quantitative estimate of drug-likeness (QED) is 0.693. The second kappa shape index (κ2) is 7.88. The summed E-state index contributed by atoms with van der Waals surface area (Å²) < 4.78 is 11.0. The molecular weight excluding hydrogens is 424 g/mol. The molecule has 2 aliphatic heterocycles. The van der Waals surface area contributed by atoms with Crippen molar-refractivity contribution in [2.45, 2.75) is 44.4 Å². The van der Waals surface area contributed by atoms with Crippen LogP contribution in [0.1, 0.15) is 37.8 Å². The van der Waals surface area contributed by atoms with E-state index in [2.05, 4.69) is 12.1 Å². The number of Topliss-reactive ketones (excluding diaryl/α,β-unsaturated/α-hetero) is 1. The minimum absolute atomic E-state index is 0.0276. The molecule has 172 valence electrons. The molecule has 0 radical (unpaired) electrons. The summed E-state index contributed by atoms with van der Waals surface area (Å²) in [5.41, 5.74) is 3.76. The lowest BCUT2D eigenvalue weighted by Gasteiger charge is -2.26. The predicted molar refractivity (Wildman–Crippen MR) is 118 cm³/mol. The maximum absolute atomic E-state index is 12.9. The summed E-state index contributed by atoms with van der Waals surface area (Å²) in [5, 5.41) is 0.976. The molecule has 3 aliphatic rings. The number of likely N-dealkylation sites (tertiary alicyclic amines) is 1. The number of nitrogens with zero attached hydrogens (tertiary/aromatic N) is 2. The number of carbonyl (C=O) groups excluding carboxylic acids is 3. The van der Waals surface area contributed by atoms with Crippen molar-refractivity contribution in [1.29, 1.82) is 0 Å². The summed E-state index contributed by atoms with van der Waals surface area (Å²) in [6.45, 7) is 5.30. The summed E-state index contributed by atoms with van der Waals surface area (Å²) in [6.07, 6.45) is -1.33. The molecule has 5 rings (SSSR count). The summed E-state index contributed by atoms with van der Waals surface area (Å²) in [7, 11) is 0. The lowest BCUT2D eigenvalue weighted by molar-refractivity contribution is -0.139. The Balaban J connectivity index is 1.28. The highest BCUT2D eigenvalue weighted by Crippen LogP contribution is 2.44. The van der Waals surface area contributed by atoms with Gasteiger partial charge in [-0.25, -0.2) is 9.59 Å². The van der Waals surface area contributed by atoms with Gasteiger partial charge < -0.3 is 9.47 Å². The molecule has 0 aromatic heterocycles. The van der Waals surface area contributed by atoms with Gasteiger partial charge in [0.15, 0.2) is 5.78 Å². The van der Waals surface area contributed by atoms with Crippen LogP contribution in [0.5, 0.6) is 0 Å². The molecule has 0 bridgehead atoms. The van der Waals surface area contributed by atoms with E-state index >= 15 is 0 Å². The topological polar surface area (TPSA) is 85.4 Å². The molecular formula is C25H26N2O6. The fourth-order valence-corrected chi connectivity index (χ4v) is 4.81. The lowest BCUT2D eigenvalue weighted by atomic mass is 9.98. The van der Waals surface area contributed by atoms with Gasteiger partial charge in [-0.3, -0.25) is 14.5 Å². The second-order valence-electron chi connectivity index (χ2n) is 9.51. The van der Waals surface area contributed by atoms with Crippen LogP contribution in [-0.2, 0) is 19.1 Å². The first kappa shape index (κ1) is 21.5. The average molecular weight is 450 g/mol. The zero-order valence-electron chi connectivity index (χ0n) is 18.8. The van der Waals surface area contributed by atoms with Crippen LogP contribution in [0, 0.1) is 0 Å². The highest BCUT2D eigenvalue weighted by Gasteiger charge is 2.54. The van der Waals surface area contributed by atoms with Crippen LogP contribution in [0.3, 0.4) is 0 Å². The number of ether oxygens (including phenoxy) is 2. The van der Waals surface area contributed by atoms with Gasteiger partial charge in [-0.05, 0) is 43.0 Å². The van der Waals surface area contributed by atoms with Crippen molar-refractivity contribution in [2.24, 2.45) is 0 Å². The number of benzene rings is 2. The summed E-state index contributed by atoms with van der Waals surface area (Å²) in [5.74, 6) is -0.380. The Morgan fingerprint density at radius 3 is 2.21 bits per heavy atom. The molecule has 0 unspecified atom stereocenters. The maximum atomic E-state index is 12.9. The molecule has 0 spiro atoms. The third-order valence-corrected chi connectivity index (χ3v) is 6.20. The summed E-state index contributed by atoms with van der Waals surface area (Å²) in [4.78, 5) is 44.9. The van der Waals surface area contributed by atoms with Gasteiger partial charge in [-0.2, -0.15) is 5.06 Å². The molecule has 33 heavy (non-hydrogen) atoms. The van der Waals surface area contributed by atoms with Crippen molar-refractivity contribution in [3.05, 3.63) is 59.7 Å². The third-order valence-electron chi connectivity index (χ3n) is 6.20. The van der Waals surface area contributed by atoms with E-state index in [0.717, 1.165) is 27.3 Å². The smallest absolute Gasteiger partial charge is 0.434 e. The highest BCUT2D eigenvalue weighted by atomic mass is 16.7. The van der Waals surface area contributed by atoms with Gasteiger partial charge in [0.2, 0.25) is 0 Å². The Morgan fingerprint density at radius 2 is 1.61 bits per heavy atom. The fourth-order valence-electron chi connectivity index (χ4n) is 4.81. The zero-order chi connectivity index (χ0) is 23.3. The molecule has 8 nitrogen and oxygen atoms in total. The predicted octanol–water partition coefficient (Wildman–Crippen LogP) is 3.74. The number of hydroxylamine groups is 2. The van der Waals surface area contributed by atoms with Gasteiger partial charge in [-0.1, -0.05) is 48.5 Å².